The molecule has 37 heavy (non-hydrogen) atoms. The molecule has 0 saturated carbocycles. The zero-order valence-electron chi connectivity index (χ0n) is 19.4. The molecule has 3 heterocycles. The standard InChI is InChI=1S/C19H13Cl2NO5S.C6H9NO2/c20-13-1-4-15(5-2-13)28(26,27)19-9-17(24)22(19)10-12(18(19)25)7-11-8-14(21)3-6-16(11)23;8-5-1-2-6(9)7-4-3-5/h1-8,23H,9-10H2;1-4H2,(H,7,9). The molecule has 2 amide bonds. The maximum Gasteiger partial charge on any atom is 0.228 e. The number of aromatic hydroxyl groups is 1. The summed E-state index contributed by atoms with van der Waals surface area (Å²) in [7, 11) is -4.18. The number of carbonyl (C=O) groups excluding carboxylic acids is 4. The number of carbonyl (C=O) groups is 4. The van der Waals surface area contributed by atoms with Crippen molar-refractivity contribution in [2.75, 3.05) is 13.1 Å². The van der Waals surface area contributed by atoms with Gasteiger partial charge in [0.15, 0.2) is 0 Å². The molecule has 3 aliphatic heterocycles. The number of amides is 2. The largest absolute Gasteiger partial charge is 0.507 e. The smallest absolute Gasteiger partial charge is 0.228 e. The van der Waals surface area contributed by atoms with Crippen LogP contribution < -0.4 is 5.32 Å². The van der Waals surface area contributed by atoms with Crippen molar-refractivity contribution in [3.63, 3.8) is 0 Å². The molecule has 1 unspecified atom stereocenters. The third-order valence-electron chi connectivity index (χ3n) is 6.35. The quantitative estimate of drug-likeness (QED) is 0.431. The topological polar surface area (TPSA) is 138 Å². The van der Waals surface area contributed by atoms with Gasteiger partial charge in [-0.2, -0.15) is 0 Å². The average molecular weight is 565 g/mol. The summed E-state index contributed by atoms with van der Waals surface area (Å²) in [5, 5.41) is 13.3. The summed E-state index contributed by atoms with van der Waals surface area (Å²) in [4.78, 5) is 45.5. The lowest BCUT2D eigenvalue weighted by atomic mass is 9.99. The van der Waals surface area contributed by atoms with E-state index in [9.17, 15) is 32.7 Å². The molecule has 0 bridgehead atoms. The molecule has 3 fully saturated rings. The molecular weight excluding hydrogens is 543 g/mol. The van der Waals surface area contributed by atoms with E-state index in [1.807, 2.05) is 0 Å². The van der Waals surface area contributed by atoms with Gasteiger partial charge >= 0.3 is 0 Å². The van der Waals surface area contributed by atoms with Gasteiger partial charge in [-0.15, -0.1) is 0 Å². The van der Waals surface area contributed by atoms with Crippen LogP contribution in [0.2, 0.25) is 10.0 Å². The molecule has 5 rings (SSSR count). The number of fused-ring (bicyclic) bond motifs is 1. The summed E-state index contributed by atoms with van der Waals surface area (Å²) in [5.41, 5.74) is 0.380. The second-order valence-corrected chi connectivity index (χ2v) is 11.8. The Hall–Kier alpha value is -3.21. The molecule has 3 aliphatic rings. The second kappa shape index (κ2) is 10.3. The van der Waals surface area contributed by atoms with Gasteiger partial charge in [-0.05, 0) is 48.5 Å². The Morgan fingerprint density at radius 2 is 1.62 bits per heavy atom. The number of hydrogen-bond donors (Lipinski definition) is 2. The number of Topliss-reactive ketones (excluding diaryl/α,β-unsaturated/α-hetero) is 2. The molecule has 194 valence electrons. The normalized spacial score (nSPS) is 22.5. The lowest BCUT2D eigenvalue weighted by Gasteiger charge is -2.44. The molecule has 3 saturated heterocycles. The van der Waals surface area contributed by atoms with Gasteiger partial charge in [-0.1, -0.05) is 23.2 Å². The van der Waals surface area contributed by atoms with Crippen molar-refractivity contribution in [3.8, 4) is 5.75 Å². The first-order valence-electron chi connectivity index (χ1n) is 11.3. The van der Waals surface area contributed by atoms with Crippen LogP contribution in [0.5, 0.6) is 5.75 Å². The highest BCUT2D eigenvalue weighted by Gasteiger charge is 2.69. The van der Waals surface area contributed by atoms with Gasteiger partial charge < -0.3 is 15.3 Å². The third kappa shape index (κ3) is 5.01. The van der Waals surface area contributed by atoms with Crippen LogP contribution in [0.3, 0.4) is 0 Å². The first kappa shape index (κ1) is 26.8. The van der Waals surface area contributed by atoms with E-state index >= 15 is 0 Å². The van der Waals surface area contributed by atoms with E-state index in [0.717, 1.165) is 4.90 Å². The molecule has 0 spiro atoms. The molecular formula is C25H22Cl2N2O7S. The summed E-state index contributed by atoms with van der Waals surface area (Å²) in [6.07, 6.45) is 2.25. The minimum Gasteiger partial charge on any atom is -0.507 e. The fourth-order valence-electron chi connectivity index (χ4n) is 4.34. The number of nitrogens with zero attached hydrogens (tertiary/aromatic N) is 1. The number of ketones is 2. The van der Waals surface area contributed by atoms with Crippen LogP contribution in [0.25, 0.3) is 6.08 Å². The maximum absolute atomic E-state index is 13.2. The van der Waals surface area contributed by atoms with E-state index in [1.165, 1.54) is 48.5 Å². The molecule has 0 aliphatic carbocycles. The van der Waals surface area contributed by atoms with Crippen LogP contribution in [0.15, 0.2) is 52.9 Å². The Labute approximate surface area is 223 Å². The van der Waals surface area contributed by atoms with Gasteiger partial charge in [0.2, 0.25) is 32.3 Å². The van der Waals surface area contributed by atoms with Gasteiger partial charge in [-0.3, -0.25) is 19.2 Å². The Balaban J connectivity index is 0.000000301. The predicted molar refractivity (Wildman–Crippen MR) is 136 cm³/mol. The van der Waals surface area contributed by atoms with Gasteiger partial charge in [0.05, 0.1) is 17.9 Å². The van der Waals surface area contributed by atoms with Crippen molar-refractivity contribution < 1.29 is 32.7 Å². The van der Waals surface area contributed by atoms with E-state index in [2.05, 4.69) is 5.32 Å². The summed E-state index contributed by atoms with van der Waals surface area (Å²) in [6, 6.07) is 9.75. The molecule has 2 N–H and O–H groups in total. The van der Waals surface area contributed by atoms with Crippen molar-refractivity contribution >= 4 is 62.5 Å². The first-order valence-corrected chi connectivity index (χ1v) is 13.5. The van der Waals surface area contributed by atoms with E-state index in [-0.39, 0.29) is 40.0 Å². The second-order valence-electron chi connectivity index (χ2n) is 8.74. The summed E-state index contributed by atoms with van der Waals surface area (Å²) < 4.78 is 26.5. The number of nitrogens with one attached hydrogen (secondary N) is 1. The fourth-order valence-corrected chi connectivity index (χ4v) is 6.67. The van der Waals surface area contributed by atoms with Crippen LogP contribution in [-0.2, 0) is 29.0 Å². The number of hydrogen-bond acceptors (Lipinski definition) is 7. The number of halogens is 2. The Morgan fingerprint density at radius 3 is 2.30 bits per heavy atom. The van der Waals surface area contributed by atoms with Crippen molar-refractivity contribution in [2.24, 2.45) is 0 Å². The van der Waals surface area contributed by atoms with Crippen LogP contribution in [0, 0.1) is 0 Å². The molecule has 9 nitrogen and oxygen atoms in total. The van der Waals surface area contributed by atoms with Gasteiger partial charge in [-0.25, -0.2) is 8.42 Å². The highest BCUT2D eigenvalue weighted by Crippen LogP contribution is 2.48. The average Bonchev–Trinajstić information content (AvgIpc) is 2.94. The minimum absolute atomic E-state index is 0.000787. The molecule has 12 heteroatoms. The zero-order valence-corrected chi connectivity index (χ0v) is 21.7. The Bertz CT molecular complexity index is 1420. The Kier molecular flexibility index (Phi) is 7.45. The molecule has 1 atom stereocenters. The van der Waals surface area contributed by atoms with Crippen LogP contribution in [0.1, 0.15) is 31.2 Å². The SMILES string of the molecule is O=C1CC2(S(=O)(=O)c3ccc(Cl)cc3)C(=O)C(=Cc3cc(Cl)ccc3O)CN12.O=C1CCNC(=O)CC1. The molecule has 0 radical (unpaired) electrons. The van der Waals surface area contributed by atoms with E-state index in [4.69, 9.17) is 23.2 Å². The van der Waals surface area contributed by atoms with E-state index in [0.29, 0.717) is 35.9 Å². The van der Waals surface area contributed by atoms with Crippen LogP contribution in [-0.4, -0.2) is 59.8 Å². The minimum atomic E-state index is -4.18. The van der Waals surface area contributed by atoms with Crippen LogP contribution >= 0.6 is 23.2 Å². The van der Waals surface area contributed by atoms with Crippen LogP contribution in [0.4, 0.5) is 0 Å². The molecule has 0 aromatic heterocycles. The summed E-state index contributed by atoms with van der Waals surface area (Å²) in [5.74, 6) is -1.03. The lowest BCUT2D eigenvalue weighted by Crippen LogP contribution is -2.67. The molecule has 2 aromatic carbocycles. The number of sulfone groups is 1. The van der Waals surface area contributed by atoms with Crippen molar-refractivity contribution in [3.05, 3.63) is 63.6 Å². The van der Waals surface area contributed by atoms with E-state index < -0.39 is 32.8 Å². The fraction of sp³-hybridized carbons (Fsp3) is 0.280. The number of rotatable bonds is 3. The number of phenols is 1. The highest BCUT2D eigenvalue weighted by molar-refractivity contribution is 7.93. The lowest BCUT2D eigenvalue weighted by molar-refractivity contribution is -0.150. The number of phenolic OH excluding ortho intramolecular Hbond substituents is 1. The van der Waals surface area contributed by atoms with Gasteiger partial charge in [0, 0.05) is 47.0 Å². The van der Waals surface area contributed by atoms with Gasteiger partial charge in [0.25, 0.3) is 0 Å². The summed E-state index contributed by atoms with van der Waals surface area (Å²) in [6.45, 7) is 0.369. The van der Waals surface area contributed by atoms with Crippen molar-refractivity contribution in [1.29, 1.82) is 0 Å². The number of β-lactam (4-membered cyclic amide) rings is 1. The zero-order chi connectivity index (χ0) is 27.0. The third-order valence-corrected chi connectivity index (χ3v) is 9.17. The molecule has 2 aromatic rings. The maximum atomic E-state index is 13.2. The monoisotopic (exact) mass is 564 g/mol. The van der Waals surface area contributed by atoms with E-state index in [1.54, 1.807) is 0 Å². The van der Waals surface area contributed by atoms with Crippen molar-refractivity contribution in [2.45, 2.75) is 35.4 Å². The highest BCUT2D eigenvalue weighted by atomic mass is 35.5. The number of benzene rings is 2. The first-order chi connectivity index (χ1) is 17.5. The van der Waals surface area contributed by atoms with Crippen molar-refractivity contribution in [1.82, 2.24) is 10.2 Å². The Morgan fingerprint density at radius 1 is 0.946 bits per heavy atom. The van der Waals surface area contributed by atoms with Gasteiger partial charge in [0.1, 0.15) is 11.5 Å². The predicted octanol–water partition coefficient (Wildman–Crippen LogP) is 2.92. The summed E-state index contributed by atoms with van der Waals surface area (Å²) >= 11 is 11.7.